The fourth-order valence-electron chi connectivity index (χ4n) is 4.28. The maximum atomic E-state index is 12.4. The Labute approximate surface area is 265 Å². The monoisotopic (exact) mass is 650 g/mol. The number of carbonyl (C=O) groups is 3. The molecule has 0 spiro atoms. The van der Waals surface area contributed by atoms with Crippen LogP contribution in [0.4, 0.5) is 0 Å². The van der Waals surface area contributed by atoms with Gasteiger partial charge < -0.3 is 24.0 Å². The van der Waals surface area contributed by atoms with Crippen LogP contribution in [0.2, 0.25) is 0 Å². The standard InChI is InChI=1S/C32H60NO10P/c1-5-6-7-8-9-10-11-12-13-14-15-16-17-22-31(36)40-27-30(28-42-44(38,39)41-26-24-33(2,3)4)43-32(37)23-18-20-29(35)21-19-25-34/h19,21,25,29-30,35H,5-18,20,22-24,26-28H2,1-4H3/p+1/t29?,30-/m1/s1. The van der Waals surface area contributed by atoms with Crippen molar-refractivity contribution in [2.24, 2.45) is 0 Å². The van der Waals surface area contributed by atoms with E-state index in [1.807, 2.05) is 21.1 Å². The maximum Gasteiger partial charge on any atom is 0.472 e. The fraction of sp³-hybridized carbons (Fsp3) is 0.844. The third kappa shape index (κ3) is 29.1. The van der Waals surface area contributed by atoms with E-state index in [1.54, 1.807) is 0 Å². The second kappa shape index (κ2) is 26.6. The molecule has 0 aliphatic rings. The number of hydrogen-bond donors (Lipinski definition) is 2. The number of esters is 2. The van der Waals surface area contributed by atoms with Crippen LogP contribution in [0, 0.1) is 0 Å². The second-order valence-corrected chi connectivity index (χ2v) is 13.8. The molecule has 0 saturated carbocycles. The first-order chi connectivity index (χ1) is 20.9. The lowest BCUT2D eigenvalue weighted by molar-refractivity contribution is -0.870. The molecule has 12 heteroatoms. The minimum Gasteiger partial charge on any atom is -0.462 e. The van der Waals surface area contributed by atoms with Gasteiger partial charge in [0.15, 0.2) is 6.10 Å². The number of aliphatic hydroxyl groups excluding tert-OH is 1. The van der Waals surface area contributed by atoms with E-state index in [-0.39, 0.29) is 38.9 Å². The summed E-state index contributed by atoms with van der Waals surface area (Å²) in [5, 5.41) is 9.76. The minimum atomic E-state index is -4.42. The Balaban J connectivity index is 4.48. The van der Waals surface area contributed by atoms with Crippen LogP contribution in [0.3, 0.4) is 0 Å². The Kier molecular flexibility index (Phi) is 25.6. The number of nitrogens with zero attached hydrogens (tertiary/aromatic N) is 1. The van der Waals surface area contributed by atoms with Crippen molar-refractivity contribution in [3.8, 4) is 0 Å². The van der Waals surface area contributed by atoms with E-state index in [4.69, 9.17) is 18.5 Å². The molecule has 0 bridgehead atoms. The van der Waals surface area contributed by atoms with E-state index in [0.717, 1.165) is 19.3 Å². The van der Waals surface area contributed by atoms with Crippen LogP contribution >= 0.6 is 7.82 Å². The largest absolute Gasteiger partial charge is 0.472 e. The molecule has 258 valence electrons. The van der Waals surface area contributed by atoms with Gasteiger partial charge in [-0.25, -0.2) is 4.57 Å². The number of phosphoric acid groups is 1. The molecule has 0 radical (unpaired) electrons. The van der Waals surface area contributed by atoms with Gasteiger partial charge >= 0.3 is 19.8 Å². The number of aliphatic hydroxyl groups is 1. The highest BCUT2D eigenvalue weighted by Gasteiger charge is 2.27. The summed E-state index contributed by atoms with van der Waals surface area (Å²) in [6.07, 6.45) is 17.4. The van der Waals surface area contributed by atoms with Gasteiger partial charge in [0, 0.05) is 12.8 Å². The predicted molar refractivity (Wildman–Crippen MR) is 171 cm³/mol. The molecule has 2 N–H and O–H groups in total. The summed E-state index contributed by atoms with van der Waals surface area (Å²) in [6, 6.07) is 0. The summed E-state index contributed by atoms with van der Waals surface area (Å²) in [5.74, 6) is -1.08. The van der Waals surface area contributed by atoms with E-state index in [0.29, 0.717) is 23.7 Å². The van der Waals surface area contributed by atoms with Crippen LogP contribution in [-0.2, 0) is 37.5 Å². The van der Waals surface area contributed by atoms with Crippen molar-refractivity contribution in [3.05, 3.63) is 12.2 Å². The molecule has 0 saturated heterocycles. The predicted octanol–water partition coefficient (Wildman–Crippen LogP) is 6.05. The lowest BCUT2D eigenvalue weighted by Gasteiger charge is -2.24. The molecule has 0 aromatic rings. The highest BCUT2D eigenvalue weighted by molar-refractivity contribution is 7.47. The van der Waals surface area contributed by atoms with Crippen LogP contribution in [0.25, 0.3) is 0 Å². The smallest absolute Gasteiger partial charge is 0.462 e. The Morgan fingerprint density at radius 3 is 1.89 bits per heavy atom. The van der Waals surface area contributed by atoms with Gasteiger partial charge in [-0.3, -0.25) is 23.4 Å². The van der Waals surface area contributed by atoms with Gasteiger partial charge in [-0.15, -0.1) is 0 Å². The quantitative estimate of drug-likeness (QED) is 0.0235. The van der Waals surface area contributed by atoms with Gasteiger partial charge in [-0.1, -0.05) is 90.0 Å². The van der Waals surface area contributed by atoms with E-state index in [9.17, 15) is 28.9 Å². The number of hydrogen-bond acceptors (Lipinski definition) is 9. The van der Waals surface area contributed by atoms with E-state index < -0.39 is 38.6 Å². The van der Waals surface area contributed by atoms with Crippen molar-refractivity contribution in [1.29, 1.82) is 0 Å². The first-order valence-electron chi connectivity index (χ1n) is 16.5. The summed E-state index contributed by atoms with van der Waals surface area (Å²) in [6.45, 7) is 1.86. The number of phosphoric ester groups is 1. The van der Waals surface area contributed by atoms with Gasteiger partial charge in [0.2, 0.25) is 0 Å². The van der Waals surface area contributed by atoms with Crippen LogP contribution in [-0.4, -0.2) is 92.4 Å². The Morgan fingerprint density at radius 2 is 1.34 bits per heavy atom. The number of likely N-dealkylation sites (N-methyl/N-ethyl adjacent to an activating group) is 1. The van der Waals surface area contributed by atoms with Crippen molar-refractivity contribution < 1.29 is 52.0 Å². The van der Waals surface area contributed by atoms with Crippen molar-refractivity contribution >= 4 is 26.0 Å². The number of ether oxygens (including phenoxy) is 2. The summed E-state index contributed by atoms with van der Waals surface area (Å²) >= 11 is 0. The van der Waals surface area contributed by atoms with Crippen molar-refractivity contribution in [2.45, 2.75) is 128 Å². The molecule has 0 heterocycles. The Hall–Kier alpha value is -1.62. The van der Waals surface area contributed by atoms with E-state index >= 15 is 0 Å². The topological polar surface area (TPSA) is 146 Å². The molecule has 0 aromatic carbocycles. The fourth-order valence-corrected chi connectivity index (χ4v) is 5.02. The lowest BCUT2D eigenvalue weighted by atomic mass is 10.0. The van der Waals surface area contributed by atoms with E-state index in [1.165, 1.54) is 69.9 Å². The van der Waals surface area contributed by atoms with Crippen molar-refractivity contribution in [1.82, 2.24) is 0 Å². The second-order valence-electron chi connectivity index (χ2n) is 12.4. The van der Waals surface area contributed by atoms with Gasteiger partial charge in [0.05, 0.1) is 33.9 Å². The Bertz CT molecular complexity index is 830. The van der Waals surface area contributed by atoms with Crippen LogP contribution in [0.5, 0.6) is 0 Å². The van der Waals surface area contributed by atoms with Gasteiger partial charge in [-0.2, -0.15) is 0 Å². The number of allylic oxidation sites excluding steroid dienone is 1. The summed E-state index contributed by atoms with van der Waals surface area (Å²) in [7, 11) is 1.30. The minimum absolute atomic E-state index is 0.0171. The first-order valence-corrected chi connectivity index (χ1v) is 18.0. The zero-order valence-corrected chi connectivity index (χ0v) is 28.7. The molecular weight excluding hydrogens is 589 g/mol. The zero-order chi connectivity index (χ0) is 33.1. The number of rotatable bonds is 30. The summed E-state index contributed by atoms with van der Waals surface area (Å²) in [5.41, 5.74) is 0. The Morgan fingerprint density at radius 1 is 0.795 bits per heavy atom. The van der Waals surface area contributed by atoms with Crippen LogP contribution in [0.15, 0.2) is 12.2 Å². The summed E-state index contributed by atoms with van der Waals surface area (Å²) in [4.78, 5) is 45.1. The average Bonchev–Trinajstić information content (AvgIpc) is 2.95. The maximum absolute atomic E-state index is 12.4. The highest BCUT2D eigenvalue weighted by atomic mass is 31.2. The lowest BCUT2D eigenvalue weighted by Crippen LogP contribution is -2.37. The summed E-state index contributed by atoms with van der Waals surface area (Å²) < 4.78 is 33.5. The normalized spacial score (nSPS) is 14.7. The highest BCUT2D eigenvalue weighted by Crippen LogP contribution is 2.43. The SMILES string of the molecule is CCCCCCCCCCCCCCCC(=O)OC[C@H](COP(=O)(O)OCC[N+](C)(C)C)OC(=O)CCCC(O)C=CC=O. The molecule has 0 rings (SSSR count). The third-order valence-electron chi connectivity index (χ3n) is 6.95. The molecular formula is C32H61NO10P+. The number of aldehydes is 1. The molecule has 0 aliphatic carbocycles. The van der Waals surface area contributed by atoms with Crippen LogP contribution in [0.1, 0.15) is 116 Å². The molecule has 0 amide bonds. The number of carbonyl (C=O) groups excluding carboxylic acids is 3. The van der Waals surface area contributed by atoms with Gasteiger partial charge in [-0.05, 0) is 25.3 Å². The number of unbranched alkanes of at least 4 members (excludes halogenated alkanes) is 12. The van der Waals surface area contributed by atoms with Crippen molar-refractivity contribution in [3.63, 3.8) is 0 Å². The van der Waals surface area contributed by atoms with E-state index in [2.05, 4.69) is 6.92 Å². The van der Waals surface area contributed by atoms with Gasteiger partial charge in [0.25, 0.3) is 0 Å². The van der Waals surface area contributed by atoms with Gasteiger partial charge in [0.1, 0.15) is 26.0 Å². The molecule has 3 atom stereocenters. The van der Waals surface area contributed by atoms with Crippen molar-refractivity contribution in [2.75, 3.05) is 47.5 Å². The molecule has 0 aromatic heterocycles. The zero-order valence-electron chi connectivity index (χ0n) is 27.8. The molecule has 0 fully saturated rings. The number of quaternary nitrogens is 1. The molecule has 11 nitrogen and oxygen atoms in total. The first kappa shape index (κ1) is 42.4. The van der Waals surface area contributed by atoms with Crippen LogP contribution < -0.4 is 0 Å². The molecule has 44 heavy (non-hydrogen) atoms. The molecule has 0 aliphatic heterocycles. The molecule has 2 unspecified atom stereocenters. The average molecular weight is 651 g/mol. The third-order valence-corrected chi connectivity index (χ3v) is 7.93.